The smallest absolute Gasteiger partial charge is 0.214 e. The maximum Gasteiger partial charge on any atom is 0.214 e. The van der Waals surface area contributed by atoms with E-state index in [0.717, 1.165) is 42.7 Å². The summed E-state index contributed by atoms with van der Waals surface area (Å²) in [5, 5.41) is 12.7. The molecule has 0 amide bonds. The summed E-state index contributed by atoms with van der Waals surface area (Å²) in [5.74, 6) is 3.42. The Kier molecular flexibility index (Phi) is 4.45. The van der Waals surface area contributed by atoms with Crippen LogP contribution < -0.4 is 4.74 Å². The molecule has 1 aromatic carbocycles. The van der Waals surface area contributed by atoms with Crippen molar-refractivity contribution in [2.45, 2.75) is 55.9 Å². The van der Waals surface area contributed by atoms with Crippen molar-refractivity contribution in [2.24, 2.45) is 23.2 Å². The number of para-hydroxylation sites is 2. The van der Waals surface area contributed by atoms with E-state index in [1.54, 1.807) is 11.8 Å². The van der Waals surface area contributed by atoms with Crippen LogP contribution in [0.4, 0.5) is 0 Å². The molecule has 0 N–H and O–H groups in total. The Labute approximate surface area is 169 Å². The van der Waals surface area contributed by atoms with E-state index in [2.05, 4.69) is 15.5 Å². The fourth-order valence-electron chi connectivity index (χ4n) is 6.26. The number of tetrazole rings is 1. The van der Waals surface area contributed by atoms with Crippen LogP contribution in [-0.2, 0) is 4.79 Å². The Morgan fingerprint density at radius 2 is 1.82 bits per heavy atom. The maximum atomic E-state index is 13.6. The number of carbonyl (C=O) groups excluding carboxylic acids is 1. The molecule has 4 fully saturated rings. The zero-order valence-corrected chi connectivity index (χ0v) is 17.2. The molecule has 6 nitrogen and oxygen atoms in total. The van der Waals surface area contributed by atoms with E-state index in [1.165, 1.54) is 31.0 Å². The summed E-state index contributed by atoms with van der Waals surface area (Å²) in [6.45, 7) is 2.02. The third-order valence-corrected chi connectivity index (χ3v) is 8.00. The second-order valence-electron chi connectivity index (χ2n) is 8.87. The van der Waals surface area contributed by atoms with E-state index < -0.39 is 0 Å². The Morgan fingerprint density at radius 3 is 2.46 bits per heavy atom. The van der Waals surface area contributed by atoms with Gasteiger partial charge in [0, 0.05) is 5.41 Å². The third kappa shape index (κ3) is 2.95. The number of hydrogen-bond acceptors (Lipinski definition) is 6. The molecule has 0 aliphatic heterocycles. The van der Waals surface area contributed by atoms with Gasteiger partial charge in [0.1, 0.15) is 11.4 Å². The molecule has 2 aromatic rings. The lowest BCUT2D eigenvalue weighted by Gasteiger charge is -2.56. The van der Waals surface area contributed by atoms with Crippen LogP contribution in [-0.4, -0.2) is 38.4 Å². The first-order chi connectivity index (χ1) is 13.6. The van der Waals surface area contributed by atoms with E-state index in [9.17, 15) is 4.79 Å². The summed E-state index contributed by atoms with van der Waals surface area (Å²) in [6, 6.07) is 7.65. The molecule has 28 heavy (non-hydrogen) atoms. The molecule has 1 atom stereocenters. The number of thioether (sulfide) groups is 1. The second kappa shape index (κ2) is 6.87. The summed E-state index contributed by atoms with van der Waals surface area (Å²) in [7, 11) is 1.63. The highest BCUT2D eigenvalue weighted by molar-refractivity contribution is 8.00. The highest BCUT2D eigenvalue weighted by atomic mass is 32.2. The number of ether oxygens (including phenoxy) is 1. The van der Waals surface area contributed by atoms with Crippen molar-refractivity contribution in [3.05, 3.63) is 24.3 Å². The molecule has 1 unspecified atom stereocenters. The number of benzene rings is 1. The largest absolute Gasteiger partial charge is 0.494 e. The van der Waals surface area contributed by atoms with Crippen molar-refractivity contribution < 1.29 is 9.53 Å². The molecule has 4 aliphatic rings. The van der Waals surface area contributed by atoms with Crippen molar-refractivity contribution in [3.8, 4) is 11.4 Å². The van der Waals surface area contributed by atoms with Crippen molar-refractivity contribution in [2.75, 3.05) is 7.11 Å². The first kappa shape index (κ1) is 18.2. The Hall–Kier alpha value is -1.89. The molecular formula is C21H26N4O2S. The predicted octanol–water partition coefficient (Wildman–Crippen LogP) is 3.94. The number of hydrogen-bond donors (Lipinski definition) is 0. The van der Waals surface area contributed by atoms with E-state index in [-0.39, 0.29) is 10.7 Å². The van der Waals surface area contributed by atoms with Crippen molar-refractivity contribution in [3.63, 3.8) is 0 Å². The minimum absolute atomic E-state index is 0.0934. The number of methoxy groups -OCH3 is 1. The summed E-state index contributed by atoms with van der Waals surface area (Å²) in [6.07, 6.45) is 7.33. The molecule has 6 rings (SSSR count). The van der Waals surface area contributed by atoms with Crippen LogP contribution >= 0.6 is 11.8 Å². The molecule has 148 valence electrons. The van der Waals surface area contributed by atoms with Crippen molar-refractivity contribution in [1.82, 2.24) is 20.2 Å². The molecule has 1 heterocycles. The van der Waals surface area contributed by atoms with Crippen LogP contribution in [0.5, 0.6) is 5.75 Å². The van der Waals surface area contributed by atoms with E-state index in [1.807, 2.05) is 31.2 Å². The summed E-state index contributed by atoms with van der Waals surface area (Å²) in [5.41, 5.74) is 0.691. The molecule has 0 radical (unpaired) electrons. The van der Waals surface area contributed by atoms with Crippen LogP contribution in [0, 0.1) is 23.2 Å². The van der Waals surface area contributed by atoms with Crippen LogP contribution in [0.3, 0.4) is 0 Å². The lowest BCUT2D eigenvalue weighted by atomic mass is 9.48. The summed E-state index contributed by atoms with van der Waals surface area (Å²) in [4.78, 5) is 13.6. The molecule has 4 saturated carbocycles. The standard InChI is InChI=1S/C21H26N4O2S/c1-13(19(26)21-10-14-7-15(11-21)9-16(8-14)12-21)28-20-22-23-24-25(20)17-5-3-4-6-18(17)27-2/h3-6,13-16H,7-12H2,1-2H3. The van der Waals surface area contributed by atoms with Crippen molar-refractivity contribution in [1.29, 1.82) is 0 Å². The fraction of sp³-hybridized carbons (Fsp3) is 0.619. The molecule has 0 spiro atoms. The number of carbonyl (C=O) groups is 1. The highest BCUT2D eigenvalue weighted by Gasteiger charge is 2.55. The van der Waals surface area contributed by atoms with Gasteiger partial charge in [0.15, 0.2) is 5.78 Å². The average Bonchev–Trinajstić information content (AvgIpc) is 3.14. The number of ketones is 1. The molecule has 7 heteroatoms. The number of aromatic nitrogens is 4. The van der Waals surface area contributed by atoms with Gasteiger partial charge >= 0.3 is 0 Å². The molecule has 1 aromatic heterocycles. The highest BCUT2D eigenvalue weighted by Crippen LogP contribution is 2.61. The van der Waals surface area contributed by atoms with Gasteiger partial charge in [-0.2, -0.15) is 4.68 Å². The number of Topliss-reactive ketones (excluding diaryl/α,β-unsaturated/α-hetero) is 1. The Morgan fingerprint density at radius 1 is 1.18 bits per heavy atom. The minimum atomic E-state index is -0.157. The van der Waals surface area contributed by atoms with Gasteiger partial charge < -0.3 is 4.74 Å². The third-order valence-electron chi connectivity index (χ3n) is 6.97. The Balaban J connectivity index is 1.38. The van der Waals surface area contributed by atoms with Gasteiger partial charge in [0.05, 0.1) is 12.4 Å². The monoisotopic (exact) mass is 398 g/mol. The lowest BCUT2D eigenvalue weighted by Crippen LogP contribution is -2.51. The van der Waals surface area contributed by atoms with E-state index in [0.29, 0.717) is 16.7 Å². The normalized spacial score (nSPS) is 31.7. The van der Waals surface area contributed by atoms with Crippen molar-refractivity contribution >= 4 is 17.5 Å². The van der Waals surface area contributed by atoms with Crippen LogP contribution in [0.1, 0.15) is 45.4 Å². The zero-order valence-electron chi connectivity index (χ0n) is 16.4. The van der Waals surface area contributed by atoms with Crippen LogP contribution in [0.25, 0.3) is 5.69 Å². The quantitative estimate of drug-likeness (QED) is 0.687. The average molecular weight is 399 g/mol. The lowest BCUT2D eigenvalue weighted by molar-refractivity contribution is -0.142. The first-order valence-corrected chi connectivity index (χ1v) is 11.1. The zero-order chi connectivity index (χ0) is 19.3. The second-order valence-corrected chi connectivity index (χ2v) is 10.2. The predicted molar refractivity (Wildman–Crippen MR) is 107 cm³/mol. The summed E-state index contributed by atoms with van der Waals surface area (Å²) < 4.78 is 7.12. The van der Waals surface area contributed by atoms with Gasteiger partial charge in [-0.25, -0.2) is 0 Å². The topological polar surface area (TPSA) is 69.9 Å². The van der Waals surface area contributed by atoms with Crippen LogP contribution in [0.15, 0.2) is 29.4 Å². The Bertz CT molecular complexity index is 861. The van der Waals surface area contributed by atoms with Gasteiger partial charge in [-0.3, -0.25) is 4.79 Å². The number of nitrogens with zero attached hydrogens (tertiary/aromatic N) is 4. The molecule has 4 aliphatic carbocycles. The van der Waals surface area contributed by atoms with E-state index >= 15 is 0 Å². The van der Waals surface area contributed by atoms with Gasteiger partial charge in [-0.05, 0) is 85.8 Å². The number of rotatable bonds is 6. The molecule has 4 bridgehead atoms. The van der Waals surface area contributed by atoms with Crippen LogP contribution in [0.2, 0.25) is 0 Å². The molecule has 0 saturated heterocycles. The van der Waals surface area contributed by atoms with Gasteiger partial charge in [-0.1, -0.05) is 23.9 Å². The van der Waals surface area contributed by atoms with Gasteiger partial charge in [0.2, 0.25) is 5.16 Å². The SMILES string of the molecule is COc1ccccc1-n1nnnc1SC(C)C(=O)C12CC3CC(CC(C3)C1)C2. The molecular weight excluding hydrogens is 372 g/mol. The van der Waals surface area contributed by atoms with Gasteiger partial charge in [-0.15, -0.1) is 5.10 Å². The maximum absolute atomic E-state index is 13.6. The van der Waals surface area contributed by atoms with Gasteiger partial charge in [0.25, 0.3) is 0 Å². The summed E-state index contributed by atoms with van der Waals surface area (Å²) >= 11 is 1.47. The fourth-order valence-corrected chi connectivity index (χ4v) is 7.26. The first-order valence-electron chi connectivity index (χ1n) is 10.2. The minimum Gasteiger partial charge on any atom is -0.494 e. The van der Waals surface area contributed by atoms with E-state index in [4.69, 9.17) is 4.74 Å².